The van der Waals surface area contributed by atoms with Gasteiger partial charge in [-0.3, -0.25) is 4.79 Å². The smallest absolute Gasteiger partial charge is 0.256 e. The summed E-state index contributed by atoms with van der Waals surface area (Å²) < 4.78 is 10.6. The van der Waals surface area contributed by atoms with Gasteiger partial charge in [-0.2, -0.15) is 0 Å². The zero-order valence-electron chi connectivity index (χ0n) is 10.5. The van der Waals surface area contributed by atoms with E-state index >= 15 is 0 Å². The van der Waals surface area contributed by atoms with Crippen molar-refractivity contribution in [2.45, 2.75) is 25.6 Å². The van der Waals surface area contributed by atoms with Crippen LogP contribution < -0.4 is 5.32 Å². The van der Waals surface area contributed by atoms with Gasteiger partial charge in [0.15, 0.2) is 0 Å². The second-order valence-corrected chi connectivity index (χ2v) is 4.76. The third-order valence-electron chi connectivity index (χ3n) is 2.77. The van der Waals surface area contributed by atoms with E-state index in [0.29, 0.717) is 18.9 Å². The van der Waals surface area contributed by atoms with Crippen LogP contribution in [0.4, 0.5) is 5.69 Å². The van der Waals surface area contributed by atoms with Gasteiger partial charge in [0.2, 0.25) is 0 Å². The quantitative estimate of drug-likeness (QED) is 0.796. The number of anilines is 1. The number of ether oxygens (including phenoxy) is 2. The molecule has 2 rings (SSSR count). The molecule has 1 amide bonds. The SMILES string of the molecule is CC(C)(OC1COC1)C(=O)Nc1ccccc1O. The van der Waals surface area contributed by atoms with Crippen LogP contribution in [0.1, 0.15) is 13.8 Å². The summed E-state index contributed by atoms with van der Waals surface area (Å²) in [7, 11) is 0. The molecule has 1 aromatic carbocycles. The fraction of sp³-hybridized carbons (Fsp3) is 0.462. The van der Waals surface area contributed by atoms with Crippen molar-refractivity contribution in [3.63, 3.8) is 0 Å². The molecule has 1 aliphatic rings. The molecule has 1 aliphatic heterocycles. The standard InChI is InChI=1S/C13H17NO4/c1-13(2,18-9-7-17-8-9)12(16)14-10-5-3-4-6-11(10)15/h3-6,9,15H,7-8H2,1-2H3,(H,14,16). The Bertz CT molecular complexity index is 440. The van der Waals surface area contributed by atoms with Crippen LogP contribution in [0.2, 0.25) is 0 Å². The van der Waals surface area contributed by atoms with E-state index in [-0.39, 0.29) is 17.8 Å². The van der Waals surface area contributed by atoms with Crippen LogP contribution in [0.5, 0.6) is 5.75 Å². The summed E-state index contributed by atoms with van der Waals surface area (Å²) in [6, 6.07) is 6.58. The van der Waals surface area contributed by atoms with E-state index in [2.05, 4.69) is 5.32 Å². The number of carbonyl (C=O) groups excluding carboxylic acids is 1. The first-order valence-corrected chi connectivity index (χ1v) is 5.84. The van der Waals surface area contributed by atoms with E-state index in [4.69, 9.17) is 9.47 Å². The third-order valence-corrected chi connectivity index (χ3v) is 2.77. The molecule has 0 radical (unpaired) electrons. The number of para-hydroxylation sites is 2. The van der Waals surface area contributed by atoms with E-state index < -0.39 is 5.60 Å². The number of phenolic OH excluding ortho intramolecular Hbond substituents is 1. The number of hydrogen-bond donors (Lipinski definition) is 2. The van der Waals surface area contributed by atoms with Crippen molar-refractivity contribution in [3.05, 3.63) is 24.3 Å². The molecule has 0 aromatic heterocycles. The summed E-state index contributed by atoms with van der Waals surface area (Å²) in [6.07, 6.45) is -0.0323. The van der Waals surface area contributed by atoms with Crippen molar-refractivity contribution < 1.29 is 19.4 Å². The van der Waals surface area contributed by atoms with Gasteiger partial charge < -0.3 is 19.9 Å². The maximum absolute atomic E-state index is 12.1. The largest absolute Gasteiger partial charge is 0.506 e. The minimum atomic E-state index is -0.962. The van der Waals surface area contributed by atoms with Crippen LogP contribution in [0.3, 0.4) is 0 Å². The lowest BCUT2D eigenvalue weighted by Crippen LogP contribution is -2.48. The molecule has 0 atom stereocenters. The molecular formula is C13H17NO4. The molecule has 5 heteroatoms. The fourth-order valence-electron chi connectivity index (χ4n) is 1.60. The number of amides is 1. The Hall–Kier alpha value is -1.59. The lowest BCUT2D eigenvalue weighted by molar-refractivity contribution is -0.186. The Morgan fingerprint density at radius 3 is 2.67 bits per heavy atom. The third kappa shape index (κ3) is 2.80. The van der Waals surface area contributed by atoms with Crippen LogP contribution in [-0.4, -0.2) is 35.9 Å². The molecule has 1 saturated heterocycles. The molecule has 2 N–H and O–H groups in total. The van der Waals surface area contributed by atoms with Crippen LogP contribution in [0.15, 0.2) is 24.3 Å². The van der Waals surface area contributed by atoms with Gasteiger partial charge in [-0.25, -0.2) is 0 Å². The van der Waals surface area contributed by atoms with Gasteiger partial charge in [0.05, 0.1) is 18.9 Å². The first kappa shape index (κ1) is 12.9. The van der Waals surface area contributed by atoms with Gasteiger partial charge in [-0.05, 0) is 26.0 Å². The minimum absolute atomic E-state index is 0.0323. The molecule has 0 aliphatic carbocycles. The first-order chi connectivity index (χ1) is 8.49. The summed E-state index contributed by atoms with van der Waals surface area (Å²) in [4.78, 5) is 12.1. The van der Waals surface area contributed by atoms with Crippen molar-refractivity contribution in [2.24, 2.45) is 0 Å². The highest BCUT2D eigenvalue weighted by Gasteiger charge is 2.34. The molecule has 0 unspecified atom stereocenters. The molecule has 98 valence electrons. The Labute approximate surface area is 106 Å². The molecular weight excluding hydrogens is 234 g/mol. The van der Waals surface area contributed by atoms with Gasteiger partial charge >= 0.3 is 0 Å². The number of rotatable bonds is 4. The lowest BCUT2D eigenvalue weighted by atomic mass is 10.1. The molecule has 0 spiro atoms. The number of nitrogens with one attached hydrogen (secondary N) is 1. The second kappa shape index (κ2) is 4.96. The maximum Gasteiger partial charge on any atom is 0.256 e. The van der Waals surface area contributed by atoms with Crippen molar-refractivity contribution in [1.82, 2.24) is 0 Å². The highest BCUT2D eigenvalue weighted by Crippen LogP contribution is 2.24. The summed E-state index contributed by atoms with van der Waals surface area (Å²) in [5.74, 6) is -0.260. The Morgan fingerprint density at radius 1 is 1.44 bits per heavy atom. The van der Waals surface area contributed by atoms with Gasteiger partial charge in [-0.15, -0.1) is 0 Å². The number of benzene rings is 1. The van der Waals surface area contributed by atoms with Crippen molar-refractivity contribution in [1.29, 1.82) is 0 Å². The lowest BCUT2D eigenvalue weighted by Gasteiger charge is -2.34. The zero-order valence-corrected chi connectivity index (χ0v) is 10.5. The molecule has 18 heavy (non-hydrogen) atoms. The molecule has 0 saturated carbocycles. The molecule has 1 aromatic rings. The van der Waals surface area contributed by atoms with Crippen molar-refractivity contribution >= 4 is 11.6 Å². The van der Waals surface area contributed by atoms with Crippen molar-refractivity contribution in [2.75, 3.05) is 18.5 Å². The van der Waals surface area contributed by atoms with Crippen LogP contribution in [-0.2, 0) is 14.3 Å². The predicted molar refractivity (Wildman–Crippen MR) is 66.5 cm³/mol. The first-order valence-electron chi connectivity index (χ1n) is 5.84. The van der Waals surface area contributed by atoms with Crippen LogP contribution >= 0.6 is 0 Å². The number of aromatic hydroxyl groups is 1. The fourth-order valence-corrected chi connectivity index (χ4v) is 1.60. The Kier molecular flexibility index (Phi) is 3.54. The topological polar surface area (TPSA) is 67.8 Å². The minimum Gasteiger partial charge on any atom is -0.506 e. The molecule has 1 fully saturated rings. The summed E-state index contributed by atoms with van der Waals surface area (Å²) in [5, 5.41) is 12.2. The average molecular weight is 251 g/mol. The van der Waals surface area contributed by atoms with Gasteiger partial charge in [-0.1, -0.05) is 12.1 Å². The van der Waals surface area contributed by atoms with Gasteiger partial charge in [0.25, 0.3) is 5.91 Å². The Balaban J connectivity index is 2.00. The number of hydrogen-bond acceptors (Lipinski definition) is 4. The summed E-state index contributed by atoms with van der Waals surface area (Å²) >= 11 is 0. The highest BCUT2D eigenvalue weighted by molar-refractivity contribution is 5.97. The maximum atomic E-state index is 12.1. The van der Waals surface area contributed by atoms with E-state index in [1.807, 2.05) is 0 Å². The predicted octanol–water partition coefficient (Wildman–Crippen LogP) is 1.52. The van der Waals surface area contributed by atoms with E-state index in [0.717, 1.165) is 0 Å². The van der Waals surface area contributed by atoms with Crippen LogP contribution in [0, 0.1) is 0 Å². The van der Waals surface area contributed by atoms with Gasteiger partial charge in [0.1, 0.15) is 17.5 Å². The van der Waals surface area contributed by atoms with E-state index in [1.54, 1.807) is 32.0 Å². The second-order valence-electron chi connectivity index (χ2n) is 4.76. The van der Waals surface area contributed by atoms with E-state index in [1.165, 1.54) is 6.07 Å². The van der Waals surface area contributed by atoms with Crippen molar-refractivity contribution in [3.8, 4) is 5.75 Å². The summed E-state index contributed by atoms with van der Waals surface area (Å²) in [6.45, 7) is 4.43. The molecule has 1 heterocycles. The normalized spacial score (nSPS) is 16.1. The Morgan fingerprint density at radius 2 is 2.11 bits per heavy atom. The van der Waals surface area contributed by atoms with Crippen LogP contribution in [0.25, 0.3) is 0 Å². The highest BCUT2D eigenvalue weighted by atomic mass is 16.6. The molecule has 0 bridgehead atoms. The molecule has 5 nitrogen and oxygen atoms in total. The van der Waals surface area contributed by atoms with E-state index in [9.17, 15) is 9.90 Å². The summed E-state index contributed by atoms with van der Waals surface area (Å²) in [5.41, 5.74) is -0.583. The monoisotopic (exact) mass is 251 g/mol. The van der Waals surface area contributed by atoms with Gasteiger partial charge in [0, 0.05) is 0 Å². The number of carbonyl (C=O) groups is 1. The number of phenols is 1. The average Bonchev–Trinajstić information content (AvgIpc) is 2.27. The zero-order chi connectivity index (χ0) is 13.2.